The number of benzene rings is 1. The highest BCUT2D eigenvalue weighted by molar-refractivity contribution is 7.89. The zero-order chi connectivity index (χ0) is 20.3. The van der Waals surface area contributed by atoms with Crippen LogP contribution in [-0.4, -0.2) is 48.3 Å². The molecule has 1 unspecified atom stereocenters. The highest BCUT2D eigenvalue weighted by Crippen LogP contribution is 2.24. The molecule has 5 N–H and O–H groups in total. The molecule has 0 bridgehead atoms. The van der Waals surface area contributed by atoms with Crippen LogP contribution in [0.15, 0.2) is 23.1 Å². The molecule has 26 heavy (non-hydrogen) atoms. The first-order chi connectivity index (χ1) is 11.7. The van der Waals surface area contributed by atoms with E-state index in [-0.39, 0.29) is 10.6 Å². The molecule has 0 saturated carbocycles. The summed E-state index contributed by atoms with van der Waals surface area (Å²) in [6, 6.07) is 3.64. The second kappa shape index (κ2) is 7.60. The molecular formula is C16H25N3O6S. The van der Waals surface area contributed by atoms with Crippen LogP contribution in [0.1, 0.15) is 33.3 Å². The molecule has 0 fully saturated rings. The van der Waals surface area contributed by atoms with Gasteiger partial charge in [0.15, 0.2) is 5.60 Å². The van der Waals surface area contributed by atoms with Gasteiger partial charge in [0.05, 0.1) is 11.4 Å². The monoisotopic (exact) mass is 387 g/mol. The van der Waals surface area contributed by atoms with Gasteiger partial charge in [-0.05, 0) is 52.3 Å². The lowest BCUT2D eigenvalue weighted by atomic mass is 10.1. The average molecular weight is 387 g/mol. The number of carboxylic acids is 1. The maximum atomic E-state index is 12.5. The summed E-state index contributed by atoms with van der Waals surface area (Å²) in [5.41, 5.74) is -2.22. The summed E-state index contributed by atoms with van der Waals surface area (Å²) in [6.45, 7) is 7.21. The van der Waals surface area contributed by atoms with Gasteiger partial charge in [-0.3, -0.25) is 0 Å². The van der Waals surface area contributed by atoms with Crippen molar-refractivity contribution in [2.45, 2.75) is 50.7 Å². The molecular weight excluding hydrogens is 362 g/mol. The van der Waals surface area contributed by atoms with Gasteiger partial charge in [-0.15, -0.1) is 0 Å². The van der Waals surface area contributed by atoms with Gasteiger partial charge in [0.1, 0.15) is 0 Å². The fourth-order valence-corrected chi connectivity index (χ4v) is 3.68. The number of hydrogen-bond acceptors (Lipinski definition) is 5. The first kappa shape index (κ1) is 21.9. The van der Waals surface area contributed by atoms with Crippen molar-refractivity contribution in [3.63, 3.8) is 0 Å². The van der Waals surface area contributed by atoms with E-state index in [0.29, 0.717) is 5.56 Å². The largest absolute Gasteiger partial charge is 0.479 e. The number of urea groups is 1. The Morgan fingerprint density at radius 2 is 1.73 bits per heavy atom. The van der Waals surface area contributed by atoms with E-state index in [1.807, 2.05) is 0 Å². The smallest absolute Gasteiger partial charge is 0.337 e. The molecule has 0 radical (unpaired) electrons. The average Bonchev–Trinajstić information content (AvgIpc) is 2.44. The number of carbonyl (C=O) groups excluding carboxylic acids is 1. The van der Waals surface area contributed by atoms with Gasteiger partial charge in [0.25, 0.3) is 0 Å². The number of anilines is 1. The Hall–Kier alpha value is -2.17. The van der Waals surface area contributed by atoms with Crippen LogP contribution in [0.25, 0.3) is 0 Å². The molecule has 1 atom stereocenters. The Labute approximate surface area is 152 Å². The molecule has 146 valence electrons. The zero-order valence-electron chi connectivity index (χ0n) is 15.4. The van der Waals surface area contributed by atoms with E-state index in [1.165, 1.54) is 18.2 Å². The van der Waals surface area contributed by atoms with Gasteiger partial charge in [-0.2, -0.15) is 0 Å². The Morgan fingerprint density at radius 1 is 1.15 bits per heavy atom. The predicted octanol–water partition coefficient (Wildman–Crippen LogP) is 1.03. The molecule has 1 rings (SSSR count). The Morgan fingerprint density at radius 3 is 2.23 bits per heavy atom. The molecule has 0 spiro atoms. The van der Waals surface area contributed by atoms with Crippen LogP contribution < -0.4 is 15.4 Å². The molecule has 10 heteroatoms. The molecule has 0 saturated heterocycles. The molecule has 9 nitrogen and oxygen atoms in total. The summed E-state index contributed by atoms with van der Waals surface area (Å²) in [5.74, 6) is -1.48. The lowest BCUT2D eigenvalue weighted by molar-refractivity contribution is -0.155. The van der Waals surface area contributed by atoms with Crippen LogP contribution in [0, 0.1) is 6.92 Å². The second-order valence-corrected chi connectivity index (χ2v) is 8.82. The van der Waals surface area contributed by atoms with Crippen molar-refractivity contribution in [2.24, 2.45) is 0 Å². The topological polar surface area (TPSA) is 145 Å². The summed E-state index contributed by atoms with van der Waals surface area (Å²) >= 11 is 0. The van der Waals surface area contributed by atoms with E-state index in [9.17, 15) is 23.1 Å². The number of carbonyl (C=O) groups is 2. The van der Waals surface area contributed by atoms with E-state index in [1.54, 1.807) is 27.7 Å². The van der Waals surface area contributed by atoms with Gasteiger partial charge in [-0.1, -0.05) is 6.07 Å². The van der Waals surface area contributed by atoms with E-state index < -0.39 is 39.7 Å². The third kappa shape index (κ3) is 5.97. The SMILES string of the molecule is Cc1c(NC(=O)NCC(C)(O)C(=O)O)cccc1S(=O)(=O)NC(C)(C)C. The molecule has 1 aromatic rings. The Kier molecular flexibility index (Phi) is 6.40. The Balaban J connectivity index is 2.97. The van der Waals surface area contributed by atoms with Crippen LogP contribution in [0.4, 0.5) is 10.5 Å². The molecule has 0 aliphatic carbocycles. The quantitative estimate of drug-likeness (QED) is 0.493. The number of hydrogen-bond donors (Lipinski definition) is 5. The van der Waals surface area contributed by atoms with Crippen LogP contribution >= 0.6 is 0 Å². The number of nitrogens with one attached hydrogen (secondary N) is 3. The fourth-order valence-electron chi connectivity index (χ4n) is 1.99. The minimum atomic E-state index is -3.79. The molecule has 0 heterocycles. The van der Waals surface area contributed by atoms with Crippen molar-refractivity contribution in [1.82, 2.24) is 10.0 Å². The van der Waals surface area contributed by atoms with Crippen LogP contribution in [0.5, 0.6) is 0 Å². The van der Waals surface area contributed by atoms with Crippen LogP contribution in [0.3, 0.4) is 0 Å². The summed E-state index contributed by atoms with van der Waals surface area (Å²) in [7, 11) is -3.79. The minimum Gasteiger partial charge on any atom is -0.479 e. The normalized spacial score (nSPS) is 14.4. The summed E-state index contributed by atoms with van der Waals surface area (Å²) in [6.07, 6.45) is 0. The minimum absolute atomic E-state index is 0.0164. The van der Waals surface area contributed by atoms with Crippen molar-refractivity contribution in [3.05, 3.63) is 23.8 Å². The van der Waals surface area contributed by atoms with Gasteiger partial charge in [0.2, 0.25) is 10.0 Å². The molecule has 2 amide bonds. The lowest BCUT2D eigenvalue weighted by Crippen LogP contribution is -2.47. The highest BCUT2D eigenvalue weighted by atomic mass is 32.2. The summed E-state index contributed by atoms with van der Waals surface area (Å²) in [5, 5.41) is 23.1. The maximum Gasteiger partial charge on any atom is 0.337 e. The first-order valence-corrected chi connectivity index (χ1v) is 9.28. The lowest BCUT2D eigenvalue weighted by Gasteiger charge is -2.22. The predicted molar refractivity (Wildman–Crippen MR) is 96.5 cm³/mol. The van der Waals surface area contributed by atoms with Crippen molar-refractivity contribution < 1.29 is 28.2 Å². The van der Waals surface area contributed by atoms with Crippen molar-refractivity contribution in [3.8, 4) is 0 Å². The maximum absolute atomic E-state index is 12.5. The van der Waals surface area contributed by atoms with Crippen molar-refractivity contribution in [1.29, 1.82) is 0 Å². The third-order valence-electron chi connectivity index (χ3n) is 3.32. The summed E-state index contributed by atoms with van der Waals surface area (Å²) < 4.78 is 27.5. The number of rotatable bonds is 6. The molecule has 0 aromatic heterocycles. The van der Waals surface area contributed by atoms with Gasteiger partial charge >= 0.3 is 12.0 Å². The zero-order valence-corrected chi connectivity index (χ0v) is 16.2. The molecule has 1 aromatic carbocycles. The van der Waals surface area contributed by atoms with E-state index in [0.717, 1.165) is 6.92 Å². The number of carboxylic acid groups (broad SMARTS) is 1. The van der Waals surface area contributed by atoms with E-state index in [2.05, 4.69) is 15.4 Å². The summed E-state index contributed by atoms with van der Waals surface area (Å²) in [4.78, 5) is 22.8. The molecule has 0 aliphatic heterocycles. The van der Waals surface area contributed by atoms with Crippen molar-refractivity contribution >= 4 is 27.7 Å². The fraction of sp³-hybridized carbons (Fsp3) is 0.500. The van der Waals surface area contributed by atoms with Crippen LogP contribution in [0.2, 0.25) is 0 Å². The first-order valence-electron chi connectivity index (χ1n) is 7.80. The van der Waals surface area contributed by atoms with Gasteiger partial charge in [0, 0.05) is 11.2 Å². The number of sulfonamides is 1. The second-order valence-electron chi connectivity index (χ2n) is 7.17. The number of aliphatic hydroxyl groups is 1. The van der Waals surface area contributed by atoms with Crippen molar-refractivity contribution in [2.75, 3.05) is 11.9 Å². The van der Waals surface area contributed by atoms with E-state index >= 15 is 0 Å². The van der Waals surface area contributed by atoms with Gasteiger partial charge < -0.3 is 20.8 Å². The van der Waals surface area contributed by atoms with Crippen LogP contribution in [-0.2, 0) is 14.8 Å². The van der Waals surface area contributed by atoms with Gasteiger partial charge in [-0.25, -0.2) is 22.7 Å². The highest BCUT2D eigenvalue weighted by Gasteiger charge is 2.30. The third-order valence-corrected chi connectivity index (χ3v) is 5.22. The number of aliphatic carboxylic acids is 1. The van der Waals surface area contributed by atoms with E-state index in [4.69, 9.17) is 5.11 Å². The standard InChI is InChI=1S/C16H25N3O6S/c1-10-11(18-14(22)17-9-16(5,23)13(20)21)7-6-8-12(10)26(24,25)19-15(2,3)4/h6-8,19,23H,9H2,1-5H3,(H,20,21)(H2,17,18,22). The Bertz CT molecular complexity index is 797. The number of amides is 2. The molecule has 0 aliphatic rings.